The van der Waals surface area contributed by atoms with Gasteiger partial charge in [0.25, 0.3) is 5.69 Å². The number of nitro groups is 1. The second-order valence-corrected chi connectivity index (χ2v) is 5.25. The minimum atomic E-state index is -0.361. The number of nitrogens with zero attached hydrogens (tertiary/aromatic N) is 2. The summed E-state index contributed by atoms with van der Waals surface area (Å²) in [5.74, 6) is 0.787. The van der Waals surface area contributed by atoms with Gasteiger partial charge in [0.15, 0.2) is 0 Å². The van der Waals surface area contributed by atoms with Crippen LogP contribution in [-0.4, -0.2) is 16.5 Å². The molecular weight excluding hydrogens is 274 g/mol. The van der Waals surface area contributed by atoms with Crippen molar-refractivity contribution in [3.8, 4) is 0 Å². The molecule has 1 N–H and O–H groups in total. The van der Waals surface area contributed by atoms with E-state index in [9.17, 15) is 10.1 Å². The number of para-hydroxylation sites is 1. The summed E-state index contributed by atoms with van der Waals surface area (Å²) in [6.45, 7) is 2.94. The van der Waals surface area contributed by atoms with Gasteiger partial charge >= 0.3 is 0 Å². The summed E-state index contributed by atoms with van der Waals surface area (Å²) in [6, 6.07) is 10.5. The van der Waals surface area contributed by atoms with E-state index in [0.29, 0.717) is 4.90 Å². The van der Waals surface area contributed by atoms with Crippen molar-refractivity contribution in [1.29, 1.82) is 0 Å². The summed E-state index contributed by atoms with van der Waals surface area (Å²) in [7, 11) is 0. The number of hydrogen-bond acceptors (Lipinski definition) is 5. The summed E-state index contributed by atoms with van der Waals surface area (Å²) >= 11 is 1.37. The molecule has 0 saturated carbocycles. The average molecular weight is 289 g/mol. The zero-order valence-electron chi connectivity index (χ0n) is 11.1. The van der Waals surface area contributed by atoms with Crippen LogP contribution in [-0.2, 0) is 0 Å². The van der Waals surface area contributed by atoms with Crippen LogP contribution in [0.3, 0.4) is 0 Å². The maximum atomic E-state index is 11.0. The highest BCUT2D eigenvalue weighted by atomic mass is 32.2. The zero-order chi connectivity index (χ0) is 14.4. The molecule has 0 unspecified atom stereocenters. The molecule has 0 aliphatic heterocycles. The van der Waals surface area contributed by atoms with E-state index in [1.54, 1.807) is 24.4 Å². The summed E-state index contributed by atoms with van der Waals surface area (Å²) in [5, 5.41) is 14.2. The number of benzene rings is 1. The lowest BCUT2D eigenvalue weighted by molar-refractivity contribution is -0.387. The first-order valence-electron chi connectivity index (χ1n) is 6.32. The van der Waals surface area contributed by atoms with Crippen molar-refractivity contribution in [2.24, 2.45) is 0 Å². The fraction of sp³-hybridized carbons (Fsp3) is 0.214. The number of aromatic nitrogens is 1. The molecule has 5 nitrogen and oxygen atoms in total. The van der Waals surface area contributed by atoms with Gasteiger partial charge in [-0.05, 0) is 24.6 Å². The second kappa shape index (κ2) is 6.91. The zero-order valence-corrected chi connectivity index (χ0v) is 11.9. The molecule has 104 valence electrons. The predicted octanol–water partition coefficient (Wildman–Crippen LogP) is 3.96. The lowest BCUT2D eigenvalue weighted by atomic mass is 10.3. The first-order valence-corrected chi connectivity index (χ1v) is 7.13. The van der Waals surface area contributed by atoms with Crippen LogP contribution in [0.15, 0.2) is 52.4 Å². The van der Waals surface area contributed by atoms with Gasteiger partial charge in [-0.2, -0.15) is 0 Å². The number of anilines is 1. The lowest BCUT2D eigenvalue weighted by Gasteiger charge is -2.06. The van der Waals surface area contributed by atoms with Crippen molar-refractivity contribution in [3.63, 3.8) is 0 Å². The highest BCUT2D eigenvalue weighted by Crippen LogP contribution is 2.34. The summed E-state index contributed by atoms with van der Waals surface area (Å²) in [6.07, 6.45) is 2.72. The first kappa shape index (κ1) is 14.3. The van der Waals surface area contributed by atoms with E-state index < -0.39 is 0 Å². The van der Waals surface area contributed by atoms with Crippen molar-refractivity contribution in [2.45, 2.75) is 23.1 Å². The van der Waals surface area contributed by atoms with Crippen molar-refractivity contribution in [2.75, 3.05) is 11.9 Å². The fourth-order valence-electron chi connectivity index (χ4n) is 1.65. The van der Waals surface area contributed by atoms with Crippen molar-refractivity contribution in [3.05, 3.63) is 52.7 Å². The standard InChI is InChI=1S/C14H15N3O2S/c1-2-8-15-14-10-11(7-9-16-14)20-13-6-4-3-5-12(13)17(18)19/h3-7,9-10H,2,8H2,1H3,(H,15,16). The number of nitrogens with one attached hydrogen (secondary N) is 1. The molecule has 0 atom stereocenters. The predicted molar refractivity (Wildman–Crippen MR) is 80.2 cm³/mol. The maximum Gasteiger partial charge on any atom is 0.283 e. The van der Waals surface area contributed by atoms with Crippen LogP contribution in [0.1, 0.15) is 13.3 Å². The van der Waals surface area contributed by atoms with Crippen molar-refractivity contribution in [1.82, 2.24) is 4.98 Å². The lowest BCUT2D eigenvalue weighted by Crippen LogP contribution is -2.01. The Morgan fingerprint density at radius 2 is 2.15 bits per heavy atom. The Hall–Kier alpha value is -2.08. The number of rotatable bonds is 6. The quantitative estimate of drug-likeness (QED) is 0.644. The van der Waals surface area contributed by atoms with Crippen LogP contribution in [0.4, 0.5) is 11.5 Å². The third-order valence-corrected chi connectivity index (χ3v) is 3.63. The molecule has 1 heterocycles. The van der Waals surface area contributed by atoms with Crippen molar-refractivity contribution < 1.29 is 4.92 Å². The van der Waals surface area contributed by atoms with Crippen LogP contribution in [0.25, 0.3) is 0 Å². The topological polar surface area (TPSA) is 68.1 Å². The highest BCUT2D eigenvalue weighted by molar-refractivity contribution is 7.99. The Balaban J connectivity index is 2.20. The Morgan fingerprint density at radius 3 is 2.90 bits per heavy atom. The van der Waals surface area contributed by atoms with Gasteiger partial charge in [-0.15, -0.1) is 0 Å². The average Bonchev–Trinajstić information content (AvgIpc) is 2.46. The van der Waals surface area contributed by atoms with Gasteiger partial charge in [-0.3, -0.25) is 10.1 Å². The van der Waals surface area contributed by atoms with E-state index >= 15 is 0 Å². The molecule has 0 fully saturated rings. The Morgan fingerprint density at radius 1 is 1.35 bits per heavy atom. The molecule has 2 aromatic rings. The van der Waals surface area contributed by atoms with Gasteiger partial charge in [0.05, 0.1) is 9.82 Å². The number of pyridine rings is 1. The van der Waals surface area contributed by atoms with E-state index in [1.807, 2.05) is 12.1 Å². The molecule has 0 saturated heterocycles. The second-order valence-electron chi connectivity index (χ2n) is 4.13. The Bertz CT molecular complexity index is 604. The summed E-state index contributed by atoms with van der Waals surface area (Å²) < 4.78 is 0. The smallest absolute Gasteiger partial charge is 0.283 e. The Labute approximate surface area is 121 Å². The van der Waals surface area contributed by atoms with Crippen LogP contribution < -0.4 is 5.32 Å². The molecule has 0 aliphatic rings. The van der Waals surface area contributed by atoms with Crippen LogP contribution in [0.5, 0.6) is 0 Å². The monoisotopic (exact) mass is 289 g/mol. The van der Waals surface area contributed by atoms with Gasteiger partial charge in [0, 0.05) is 23.7 Å². The number of nitro benzene ring substituents is 1. The molecule has 20 heavy (non-hydrogen) atoms. The van der Waals surface area contributed by atoms with E-state index in [1.165, 1.54) is 17.8 Å². The molecule has 2 rings (SSSR count). The van der Waals surface area contributed by atoms with Gasteiger partial charge in [0.1, 0.15) is 5.82 Å². The Kier molecular flexibility index (Phi) is 4.95. The largest absolute Gasteiger partial charge is 0.370 e. The van der Waals surface area contributed by atoms with Gasteiger partial charge in [-0.25, -0.2) is 4.98 Å². The SMILES string of the molecule is CCCNc1cc(Sc2ccccc2[N+](=O)[O-])ccn1. The first-order chi connectivity index (χ1) is 9.70. The summed E-state index contributed by atoms with van der Waals surface area (Å²) in [4.78, 5) is 16.4. The van der Waals surface area contributed by atoms with Crippen molar-refractivity contribution >= 4 is 23.3 Å². The van der Waals surface area contributed by atoms with Crippen LogP contribution >= 0.6 is 11.8 Å². The van der Waals surface area contributed by atoms with Crippen LogP contribution in [0.2, 0.25) is 0 Å². The van der Waals surface area contributed by atoms with E-state index in [0.717, 1.165) is 23.7 Å². The van der Waals surface area contributed by atoms with Crippen LogP contribution in [0, 0.1) is 10.1 Å². The van der Waals surface area contributed by atoms with E-state index in [4.69, 9.17) is 0 Å². The minimum absolute atomic E-state index is 0.123. The molecule has 1 aromatic carbocycles. The number of hydrogen-bond donors (Lipinski definition) is 1. The molecule has 0 spiro atoms. The van der Waals surface area contributed by atoms with E-state index in [-0.39, 0.29) is 10.6 Å². The van der Waals surface area contributed by atoms with Gasteiger partial charge < -0.3 is 5.32 Å². The molecule has 0 bridgehead atoms. The molecule has 6 heteroatoms. The summed E-state index contributed by atoms with van der Waals surface area (Å²) in [5.41, 5.74) is 0.123. The normalized spacial score (nSPS) is 10.2. The van der Waals surface area contributed by atoms with Gasteiger partial charge in [-0.1, -0.05) is 30.8 Å². The third-order valence-electron chi connectivity index (χ3n) is 2.58. The molecule has 0 radical (unpaired) electrons. The molecule has 0 aliphatic carbocycles. The maximum absolute atomic E-state index is 11.0. The highest BCUT2D eigenvalue weighted by Gasteiger charge is 2.13. The van der Waals surface area contributed by atoms with Gasteiger partial charge in [0.2, 0.25) is 0 Å². The minimum Gasteiger partial charge on any atom is -0.370 e. The van der Waals surface area contributed by atoms with E-state index in [2.05, 4.69) is 17.2 Å². The molecule has 1 aromatic heterocycles. The fourth-order valence-corrected chi connectivity index (χ4v) is 2.59. The third kappa shape index (κ3) is 3.71. The molecular formula is C14H15N3O2S. The molecule has 0 amide bonds.